The standard InChI is InChI=1S/C11H13O2Si/c14-6-5-9-1-3-10(4-2-9)12-7-11-8-13-11/h1-4,11H,5-8H2. The lowest BCUT2D eigenvalue weighted by atomic mass is 10.2. The summed E-state index contributed by atoms with van der Waals surface area (Å²) in [4.78, 5) is 0. The van der Waals surface area contributed by atoms with Crippen molar-refractivity contribution in [3.8, 4) is 5.75 Å². The molecule has 1 aliphatic heterocycles. The molecule has 0 bridgehead atoms. The third kappa shape index (κ3) is 2.85. The Morgan fingerprint density at radius 1 is 1.36 bits per heavy atom. The Kier molecular flexibility index (Phi) is 3.21. The molecule has 0 amide bonds. The highest BCUT2D eigenvalue weighted by Crippen LogP contribution is 2.16. The summed E-state index contributed by atoms with van der Waals surface area (Å²) in [6.07, 6.45) is 1.39. The van der Waals surface area contributed by atoms with Crippen molar-refractivity contribution in [1.29, 1.82) is 0 Å². The van der Waals surface area contributed by atoms with Crippen LogP contribution in [0.5, 0.6) is 5.75 Å². The third-order valence-corrected chi connectivity index (χ3v) is 2.43. The van der Waals surface area contributed by atoms with Gasteiger partial charge in [0.25, 0.3) is 0 Å². The molecule has 14 heavy (non-hydrogen) atoms. The summed E-state index contributed by atoms with van der Waals surface area (Å²) in [7, 11) is 3.46. The zero-order chi connectivity index (χ0) is 9.80. The maximum absolute atomic E-state index is 5.53. The average Bonchev–Trinajstić information content (AvgIpc) is 3.01. The molecule has 1 aromatic rings. The molecule has 3 radical (unpaired) electrons. The third-order valence-electron chi connectivity index (χ3n) is 2.18. The van der Waals surface area contributed by atoms with Gasteiger partial charge in [-0.2, -0.15) is 0 Å². The Morgan fingerprint density at radius 3 is 2.64 bits per heavy atom. The van der Waals surface area contributed by atoms with Crippen molar-refractivity contribution in [2.24, 2.45) is 0 Å². The van der Waals surface area contributed by atoms with Crippen LogP contribution in [0, 0.1) is 0 Å². The van der Waals surface area contributed by atoms with Gasteiger partial charge in [-0.1, -0.05) is 18.2 Å². The van der Waals surface area contributed by atoms with Gasteiger partial charge in [0.1, 0.15) is 18.5 Å². The smallest absolute Gasteiger partial charge is 0.119 e. The quantitative estimate of drug-likeness (QED) is 0.538. The van der Waals surface area contributed by atoms with E-state index in [4.69, 9.17) is 9.47 Å². The Hall–Kier alpha value is -0.803. The fraction of sp³-hybridized carbons (Fsp3) is 0.455. The SMILES string of the molecule is [Si]CCc1ccc(OCC2CO2)cc1. The summed E-state index contributed by atoms with van der Waals surface area (Å²) in [5.74, 6) is 0.929. The van der Waals surface area contributed by atoms with E-state index in [0.29, 0.717) is 12.7 Å². The van der Waals surface area contributed by atoms with Crippen LogP contribution in [-0.4, -0.2) is 29.6 Å². The minimum atomic E-state index is 0.330. The first-order chi connectivity index (χ1) is 6.88. The van der Waals surface area contributed by atoms with E-state index < -0.39 is 0 Å². The molecule has 1 heterocycles. The number of benzene rings is 1. The zero-order valence-corrected chi connectivity index (χ0v) is 9.03. The van der Waals surface area contributed by atoms with Crippen LogP contribution in [0.3, 0.4) is 0 Å². The van der Waals surface area contributed by atoms with Gasteiger partial charge in [-0.15, -0.1) is 0 Å². The van der Waals surface area contributed by atoms with Crippen LogP contribution in [0.1, 0.15) is 5.56 Å². The van der Waals surface area contributed by atoms with E-state index in [9.17, 15) is 0 Å². The first kappa shape index (κ1) is 9.74. The Bertz CT molecular complexity index is 280. The Labute approximate surface area is 87.6 Å². The van der Waals surface area contributed by atoms with Gasteiger partial charge in [0, 0.05) is 10.2 Å². The van der Waals surface area contributed by atoms with Crippen LogP contribution in [-0.2, 0) is 11.2 Å². The van der Waals surface area contributed by atoms with E-state index in [1.165, 1.54) is 5.56 Å². The maximum atomic E-state index is 5.53. The zero-order valence-electron chi connectivity index (χ0n) is 8.03. The highest BCUT2D eigenvalue weighted by atomic mass is 28.1. The molecular formula is C11H13O2Si. The molecule has 0 N–H and O–H groups in total. The molecule has 1 fully saturated rings. The monoisotopic (exact) mass is 205 g/mol. The lowest BCUT2D eigenvalue weighted by Gasteiger charge is -2.04. The largest absolute Gasteiger partial charge is 0.491 e. The van der Waals surface area contributed by atoms with E-state index in [0.717, 1.165) is 24.8 Å². The van der Waals surface area contributed by atoms with E-state index in [1.807, 2.05) is 12.1 Å². The molecule has 3 heteroatoms. The van der Waals surface area contributed by atoms with E-state index >= 15 is 0 Å². The van der Waals surface area contributed by atoms with E-state index in [1.54, 1.807) is 0 Å². The predicted molar refractivity (Wildman–Crippen MR) is 55.9 cm³/mol. The summed E-state index contributed by atoms with van der Waals surface area (Å²) < 4.78 is 10.6. The summed E-state index contributed by atoms with van der Waals surface area (Å²) >= 11 is 0. The molecule has 0 aliphatic carbocycles. The second kappa shape index (κ2) is 4.62. The number of ether oxygens (including phenoxy) is 2. The Morgan fingerprint density at radius 2 is 2.07 bits per heavy atom. The average molecular weight is 205 g/mol. The summed E-state index contributed by atoms with van der Waals surface area (Å²) in [6, 6.07) is 9.22. The molecule has 0 spiro atoms. The van der Waals surface area contributed by atoms with Gasteiger partial charge in [-0.05, 0) is 24.1 Å². The number of aryl methyl sites for hydroxylation is 1. The summed E-state index contributed by atoms with van der Waals surface area (Å²) in [6.45, 7) is 1.53. The van der Waals surface area contributed by atoms with Gasteiger partial charge >= 0.3 is 0 Å². The van der Waals surface area contributed by atoms with Gasteiger partial charge in [0.15, 0.2) is 0 Å². The molecule has 73 valence electrons. The van der Waals surface area contributed by atoms with Crippen molar-refractivity contribution in [3.05, 3.63) is 29.8 Å². The van der Waals surface area contributed by atoms with Crippen molar-refractivity contribution in [2.75, 3.05) is 13.2 Å². The molecule has 2 nitrogen and oxygen atoms in total. The highest BCUT2D eigenvalue weighted by Gasteiger charge is 2.22. The lowest BCUT2D eigenvalue weighted by Crippen LogP contribution is -2.03. The van der Waals surface area contributed by atoms with Crippen LogP contribution >= 0.6 is 0 Å². The molecular weight excluding hydrogens is 192 g/mol. The topological polar surface area (TPSA) is 21.8 Å². The maximum Gasteiger partial charge on any atom is 0.119 e. The van der Waals surface area contributed by atoms with Crippen LogP contribution in [0.25, 0.3) is 0 Å². The molecule has 0 aromatic heterocycles. The van der Waals surface area contributed by atoms with Crippen LogP contribution in [0.4, 0.5) is 0 Å². The fourth-order valence-corrected chi connectivity index (χ4v) is 1.54. The molecule has 0 saturated carbocycles. The van der Waals surface area contributed by atoms with Crippen molar-refractivity contribution >= 4 is 10.2 Å². The van der Waals surface area contributed by atoms with Gasteiger partial charge in [0.2, 0.25) is 0 Å². The molecule has 2 rings (SSSR count). The number of hydrogen-bond acceptors (Lipinski definition) is 2. The lowest BCUT2D eigenvalue weighted by molar-refractivity contribution is 0.263. The van der Waals surface area contributed by atoms with Gasteiger partial charge in [-0.3, -0.25) is 0 Å². The first-order valence-corrected chi connectivity index (χ1v) is 5.57. The molecule has 1 aliphatic rings. The number of epoxide rings is 1. The minimum absolute atomic E-state index is 0.330. The number of rotatable bonds is 5. The predicted octanol–water partition coefficient (Wildman–Crippen LogP) is 1.59. The van der Waals surface area contributed by atoms with E-state index in [2.05, 4.69) is 22.4 Å². The van der Waals surface area contributed by atoms with Crippen LogP contribution in [0.15, 0.2) is 24.3 Å². The molecule has 1 unspecified atom stereocenters. The second-order valence-corrected chi connectivity index (χ2v) is 3.91. The fourth-order valence-electron chi connectivity index (χ4n) is 1.25. The Balaban J connectivity index is 1.84. The second-order valence-electron chi connectivity index (χ2n) is 3.41. The summed E-state index contributed by atoms with van der Waals surface area (Å²) in [5.41, 5.74) is 1.33. The minimum Gasteiger partial charge on any atom is -0.491 e. The van der Waals surface area contributed by atoms with Gasteiger partial charge in [0.05, 0.1) is 6.61 Å². The first-order valence-electron chi connectivity index (χ1n) is 4.86. The van der Waals surface area contributed by atoms with Crippen LogP contribution in [0.2, 0.25) is 6.04 Å². The van der Waals surface area contributed by atoms with Gasteiger partial charge < -0.3 is 9.47 Å². The van der Waals surface area contributed by atoms with Crippen molar-refractivity contribution in [1.82, 2.24) is 0 Å². The molecule has 1 atom stereocenters. The van der Waals surface area contributed by atoms with Crippen molar-refractivity contribution < 1.29 is 9.47 Å². The normalized spacial score (nSPS) is 19.4. The van der Waals surface area contributed by atoms with Crippen molar-refractivity contribution in [2.45, 2.75) is 18.6 Å². The van der Waals surface area contributed by atoms with Gasteiger partial charge in [-0.25, -0.2) is 0 Å². The van der Waals surface area contributed by atoms with Crippen molar-refractivity contribution in [3.63, 3.8) is 0 Å². The summed E-state index contributed by atoms with van der Waals surface area (Å²) in [5, 5.41) is 0. The molecule has 1 aromatic carbocycles. The molecule has 1 saturated heterocycles. The van der Waals surface area contributed by atoms with E-state index in [-0.39, 0.29) is 0 Å². The van der Waals surface area contributed by atoms with Crippen LogP contribution < -0.4 is 4.74 Å². The number of hydrogen-bond donors (Lipinski definition) is 0. The highest BCUT2D eigenvalue weighted by molar-refractivity contribution is 6.08.